The number of benzene rings is 4. The van der Waals surface area contributed by atoms with Crippen LogP contribution in [0.4, 0.5) is 0 Å². The molecule has 0 bridgehead atoms. The summed E-state index contributed by atoms with van der Waals surface area (Å²) in [5.74, 6) is 1.10. The lowest BCUT2D eigenvalue weighted by atomic mass is 10.2. The number of nitrogens with one attached hydrogen (secondary N) is 1. The van der Waals surface area contributed by atoms with E-state index < -0.39 is 5.97 Å². The van der Waals surface area contributed by atoms with Gasteiger partial charge in [0.15, 0.2) is 11.5 Å². The van der Waals surface area contributed by atoms with Crippen LogP contribution in [-0.4, -0.2) is 32.3 Å². The zero-order valence-electron chi connectivity index (χ0n) is 21.8. The lowest BCUT2D eigenvalue weighted by Crippen LogP contribution is -2.17. The van der Waals surface area contributed by atoms with E-state index in [9.17, 15) is 9.59 Å². The molecule has 1 amide bonds. The minimum atomic E-state index is -0.531. The van der Waals surface area contributed by atoms with Gasteiger partial charge in [0, 0.05) is 5.56 Å². The van der Waals surface area contributed by atoms with Gasteiger partial charge in [-0.1, -0.05) is 29.8 Å². The van der Waals surface area contributed by atoms with E-state index in [1.165, 1.54) is 26.0 Å². The first-order chi connectivity index (χ1) is 18.9. The Labute approximate surface area is 226 Å². The summed E-state index contributed by atoms with van der Waals surface area (Å²) in [5, 5.41) is 4.01. The normalized spacial score (nSPS) is 10.6. The number of carbonyl (C=O) groups is 2. The number of hydrazone groups is 1. The number of hydrogen-bond acceptors (Lipinski definition) is 7. The molecule has 0 radical (unpaired) electrons. The average Bonchev–Trinajstić information content (AvgIpc) is 2.97. The Hall–Kier alpha value is -5.11. The average molecular weight is 525 g/mol. The van der Waals surface area contributed by atoms with Gasteiger partial charge in [-0.2, -0.15) is 5.10 Å². The summed E-state index contributed by atoms with van der Waals surface area (Å²) in [5.41, 5.74) is 6.25. The van der Waals surface area contributed by atoms with E-state index in [-0.39, 0.29) is 5.91 Å². The maximum Gasteiger partial charge on any atom is 0.343 e. The largest absolute Gasteiger partial charge is 0.493 e. The molecule has 1 N–H and O–H groups in total. The Balaban J connectivity index is 1.26. The third kappa shape index (κ3) is 7.45. The summed E-state index contributed by atoms with van der Waals surface area (Å²) in [6.45, 7) is 2.49. The fourth-order valence-electron chi connectivity index (χ4n) is 3.53. The second kappa shape index (κ2) is 12.9. The summed E-state index contributed by atoms with van der Waals surface area (Å²) in [6.07, 6.45) is 1.50. The van der Waals surface area contributed by atoms with Crippen molar-refractivity contribution in [1.29, 1.82) is 0 Å². The van der Waals surface area contributed by atoms with Gasteiger partial charge in [-0.05, 0) is 84.8 Å². The van der Waals surface area contributed by atoms with Crippen molar-refractivity contribution in [2.45, 2.75) is 13.5 Å². The fraction of sp³-hybridized carbons (Fsp3) is 0.129. The van der Waals surface area contributed by atoms with Crippen LogP contribution >= 0.6 is 0 Å². The molecule has 8 heteroatoms. The molecule has 4 rings (SSSR count). The van der Waals surface area contributed by atoms with Crippen LogP contribution in [0.5, 0.6) is 23.0 Å². The maximum absolute atomic E-state index is 12.5. The molecule has 0 atom stereocenters. The third-order valence-electron chi connectivity index (χ3n) is 5.73. The number of aryl methyl sites for hydroxylation is 1. The van der Waals surface area contributed by atoms with Crippen molar-refractivity contribution in [3.63, 3.8) is 0 Å². The van der Waals surface area contributed by atoms with Crippen LogP contribution in [0.3, 0.4) is 0 Å². The summed E-state index contributed by atoms with van der Waals surface area (Å²) < 4.78 is 21.6. The highest BCUT2D eigenvalue weighted by Crippen LogP contribution is 2.28. The van der Waals surface area contributed by atoms with Crippen LogP contribution in [0.25, 0.3) is 0 Å². The molecule has 0 fully saturated rings. The zero-order valence-corrected chi connectivity index (χ0v) is 21.8. The van der Waals surface area contributed by atoms with Gasteiger partial charge >= 0.3 is 5.97 Å². The smallest absolute Gasteiger partial charge is 0.343 e. The summed E-state index contributed by atoms with van der Waals surface area (Å²) in [4.78, 5) is 24.9. The van der Waals surface area contributed by atoms with E-state index >= 15 is 0 Å². The van der Waals surface area contributed by atoms with Crippen molar-refractivity contribution in [3.8, 4) is 23.0 Å². The Kier molecular flexibility index (Phi) is 8.92. The number of hydrogen-bond donors (Lipinski definition) is 1. The van der Waals surface area contributed by atoms with Gasteiger partial charge in [-0.15, -0.1) is 0 Å². The monoisotopic (exact) mass is 524 g/mol. The van der Waals surface area contributed by atoms with Gasteiger partial charge < -0.3 is 18.9 Å². The summed E-state index contributed by atoms with van der Waals surface area (Å²) >= 11 is 0. The molecule has 0 aliphatic heterocycles. The molecular formula is C31H28N2O6. The molecule has 0 aliphatic carbocycles. The molecule has 0 spiro atoms. The first kappa shape index (κ1) is 26.9. The Morgan fingerprint density at radius 1 is 0.769 bits per heavy atom. The number of nitrogens with zero attached hydrogens (tertiary/aromatic N) is 1. The minimum absolute atomic E-state index is 0.326. The van der Waals surface area contributed by atoms with E-state index in [2.05, 4.69) is 10.5 Å². The van der Waals surface area contributed by atoms with E-state index in [0.29, 0.717) is 46.3 Å². The number of esters is 1. The molecule has 0 heterocycles. The van der Waals surface area contributed by atoms with E-state index in [4.69, 9.17) is 18.9 Å². The van der Waals surface area contributed by atoms with Crippen LogP contribution in [0.1, 0.15) is 37.4 Å². The number of rotatable bonds is 10. The van der Waals surface area contributed by atoms with Gasteiger partial charge in [-0.3, -0.25) is 4.79 Å². The van der Waals surface area contributed by atoms with Crippen LogP contribution < -0.4 is 24.4 Å². The minimum Gasteiger partial charge on any atom is -0.493 e. The zero-order chi connectivity index (χ0) is 27.6. The van der Waals surface area contributed by atoms with Gasteiger partial charge in [0.1, 0.15) is 18.1 Å². The summed E-state index contributed by atoms with van der Waals surface area (Å²) in [6, 6.07) is 26.5. The second-order valence-corrected chi connectivity index (χ2v) is 8.53. The molecule has 0 aromatic heterocycles. The highest BCUT2D eigenvalue weighted by atomic mass is 16.5. The maximum atomic E-state index is 12.5. The van der Waals surface area contributed by atoms with Crippen LogP contribution in [0, 0.1) is 6.92 Å². The Morgan fingerprint density at radius 2 is 1.41 bits per heavy atom. The van der Waals surface area contributed by atoms with Crippen molar-refractivity contribution >= 4 is 18.1 Å². The lowest BCUT2D eigenvalue weighted by Gasteiger charge is -2.09. The number of amides is 1. The predicted octanol–water partition coefficient (Wildman–Crippen LogP) is 5.57. The molecule has 0 saturated heterocycles. The SMILES string of the molecule is COc1ccc(C(=O)Oc2ccc(C=NNC(=O)c3ccc(OCc4ccc(C)cc4)cc3)cc2)cc1OC. The highest BCUT2D eigenvalue weighted by Gasteiger charge is 2.13. The second-order valence-electron chi connectivity index (χ2n) is 8.53. The molecular weight excluding hydrogens is 496 g/mol. The molecule has 8 nitrogen and oxygen atoms in total. The molecule has 198 valence electrons. The molecule has 0 saturated carbocycles. The molecule has 0 unspecified atom stereocenters. The van der Waals surface area contributed by atoms with Crippen molar-refractivity contribution in [3.05, 3.63) is 119 Å². The Bertz CT molecular complexity index is 1450. The van der Waals surface area contributed by atoms with Gasteiger partial charge in [0.05, 0.1) is 26.0 Å². The molecule has 4 aromatic carbocycles. The third-order valence-corrected chi connectivity index (χ3v) is 5.73. The van der Waals surface area contributed by atoms with Crippen LogP contribution in [0.2, 0.25) is 0 Å². The first-order valence-corrected chi connectivity index (χ1v) is 12.1. The Morgan fingerprint density at radius 3 is 2.08 bits per heavy atom. The molecule has 39 heavy (non-hydrogen) atoms. The van der Waals surface area contributed by atoms with Crippen molar-refractivity contribution in [1.82, 2.24) is 5.43 Å². The standard InChI is InChI=1S/C31H28N2O6/c1-21-4-6-23(7-5-21)20-38-26-15-10-24(11-16-26)30(34)33-32-19-22-8-13-27(14-9-22)39-31(35)25-12-17-28(36-2)29(18-25)37-3/h4-19H,20H2,1-3H3,(H,33,34). The van der Waals surface area contributed by atoms with Crippen molar-refractivity contribution < 1.29 is 28.5 Å². The molecule has 0 aliphatic rings. The van der Waals surface area contributed by atoms with Gasteiger partial charge in [-0.25, -0.2) is 10.2 Å². The predicted molar refractivity (Wildman–Crippen MR) is 148 cm³/mol. The molecule has 4 aromatic rings. The number of methoxy groups -OCH3 is 2. The van der Waals surface area contributed by atoms with Crippen molar-refractivity contribution in [2.75, 3.05) is 14.2 Å². The van der Waals surface area contributed by atoms with E-state index in [1.807, 2.05) is 31.2 Å². The quantitative estimate of drug-likeness (QED) is 0.126. The van der Waals surface area contributed by atoms with Gasteiger partial charge in [0.25, 0.3) is 5.91 Å². The topological polar surface area (TPSA) is 95.5 Å². The van der Waals surface area contributed by atoms with Crippen LogP contribution in [-0.2, 0) is 6.61 Å². The number of carbonyl (C=O) groups excluding carboxylic acids is 2. The first-order valence-electron chi connectivity index (χ1n) is 12.1. The lowest BCUT2D eigenvalue weighted by molar-refractivity contribution is 0.0734. The fourth-order valence-corrected chi connectivity index (χ4v) is 3.53. The van der Waals surface area contributed by atoms with Crippen molar-refractivity contribution in [2.24, 2.45) is 5.10 Å². The van der Waals surface area contributed by atoms with Gasteiger partial charge in [0.2, 0.25) is 0 Å². The van der Waals surface area contributed by atoms with E-state index in [1.54, 1.807) is 66.7 Å². The van der Waals surface area contributed by atoms with Crippen LogP contribution in [0.15, 0.2) is 96.1 Å². The summed E-state index contributed by atoms with van der Waals surface area (Å²) in [7, 11) is 3.02. The number of ether oxygens (including phenoxy) is 4. The van der Waals surface area contributed by atoms with E-state index in [0.717, 1.165) is 5.56 Å². The highest BCUT2D eigenvalue weighted by molar-refractivity contribution is 5.95.